The molecule has 1 aromatic rings. The number of benzene rings is 1. The topological polar surface area (TPSA) is 43.4 Å². The van der Waals surface area contributed by atoms with Crippen molar-refractivity contribution in [2.24, 2.45) is 0 Å². The normalized spacial score (nSPS) is 14.1. The highest BCUT2D eigenvalue weighted by Crippen LogP contribution is 2.25. The third-order valence-corrected chi connectivity index (χ3v) is 4.53. The summed E-state index contributed by atoms with van der Waals surface area (Å²) in [4.78, 5) is 11.6. The third-order valence-electron chi connectivity index (χ3n) is 2.17. The maximum absolute atomic E-state index is 12.1. The van der Waals surface area contributed by atoms with E-state index in [-0.39, 0.29) is 17.6 Å². The Kier molecular flexibility index (Phi) is 5.43. The third kappa shape index (κ3) is 3.98. The van der Waals surface area contributed by atoms with Crippen LogP contribution in [0.25, 0.3) is 0 Å². The first kappa shape index (κ1) is 14.5. The van der Waals surface area contributed by atoms with E-state index in [9.17, 15) is 9.00 Å². The van der Waals surface area contributed by atoms with E-state index in [1.807, 2.05) is 0 Å². The van der Waals surface area contributed by atoms with Crippen LogP contribution in [-0.2, 0) is 20.3 Å². The second kappa shape index (κ2) is 6.38. The van der Waals surface area contributed by atoms with Gasteiger partial charge in [0.1, 0.15) is 0 Å². The average molecular weight is 295 g/mol. The Balaban J connectivity index is 2.81. The van der Waals surface area contributed by atoms with Crippen molar-refractivity contribution in [1.29, 1.82) is 0 Å². The summed E-state index contributed by atoms with van der Waals surface area (Å²) in [6.07, 6.45) is 0.101. The van der Waals surface area contributed by atoms with Gasteiger partial charge in [-0.25, -0.2) is 0 Å². The zero-order chi connectivity index (χ0) is 13.0. The van der Waals surface area contributed by atoms with E-state index >= 15 is 0 Å². The number of esters is 1. The lowest BCUT2D eigenvalue weighted by Crippen LogP contribution is -2.17. The van der Waals surface area contributed by atoms with Crippen LogP contribution in [0.5, 0.6) is 0 Å². The van der Waals surface area contributed by atoms with Gasteiger partial charge >= 0.3 is 5.97 Å². The number of hydrogen-bond acceptors (Lipinski definition) is 3. The van der Waals surface area contributed by atoms with E-state index in [4.69, 9.17) is 23.2 Å². The molecule has 1 aromatic carbocycles. The van der Waals surface area contributed by atoms with Crippen molar-refractivity contribution >= 4 is 40.0 Å². The summed E-state index contributed by atoms with van der Waals surface area (Å²) in [6, 6.07) is 4.77. The van der Waals surface area contributed by atoms with Crippen LogP contribution in [0.15, 0.2) is 23.1 Å². The van der Waals surface area contributed by atoms with Crippen molar-refractivity contribution in [2.75, 3.05) is 7.11 Å². The van der Waals surface area contributed by atoms with Crippen LogP contribution >= 0.6 is 23.2 Å². The highest BCUT2D eigenvalue weighted by atomic mass is 35.5. The molecule has 2 atom stereocenters. The van der Waals surface area contributed by atoms with Gasteiger partial charge in [0.05, 0.1) is 34.4 Å². The van der Waals surface area contributed by atoms with Gasteiger partial charge in [0.25, 0.3) is 0 Å². The van der Waals surface area contributed by atoms with Gasteiger partial charge < -0.3 is 4.74 Å². The van der Waals surface area contributed by atoms with Gasteiger partial charge in [0, 0.05) is 10.1 Å². The Hall–Kier alpha value is -0.580. The standard InChI is InChI=1S/C11H12Cl2O3S/c1-7(5-11(14)16-2)17(15)8-3-4-9(12)10(13)6-8/h3-4,6-7H,5H2,1-2H3. The summed E-state index contributed by atoms with van der Waals surface area (Å²) in [6.45, 7) is 1.72. The Labute approximate surface area is 113 Å². The maximum atomic E-state index is 12.1. The summed E-state index contributed by atoms with van der Waals surface area (Å²) >= 11 is 11.6. The van der Waals surface area contributed by atoms with Gasteiger partial charge in [-0.15, -0.1) is 0 Å². The molecule has 2 unspecified atom stereocenters. The van der Waals surface area contributed by atoms with Gasteiger partial charge in [-0.05, 0) is 25.1 Å². The van der Waals surface area contributed by atoms with Crippen molar-refractivity contribution in [3.8, 4) is 0 Å². The molecule has 0 saturated carbocycles. The largest absolute Gasteiger partial charge is 0.469 e. The average Bonchev–Trinajstić information content (AvgIpc) is 2.31. The Bertz CT molecular complexity index is 448. The zero-order valence-electron chi connectivity index (χ0n) is 9.41. The second-order valence-electron chi connectivity index (χ2n) is 3.46. The van der Waals surface area contributed by atoms with Crippen molar-refractivity contribution in [2.45, 2.75) is 23.5 Å². The SMILES string of the molecule is COC(=O)CC(C)S(=O)c1ccc(Cl)c(Cl)c1. The van der Waals surface area contributed by atoms with E-state index in [1.54, 1.807) is 25.1 Å². The predicted octanol–water partition coefficient (Wildman–Crippen LogP) is 3.05. The lowest BCUT2D eigenvalue weighted by molar-refractivity contribution is -0.140. The van der Waals surface area contributed by atoms with Crippen LogP contribution in [-0.4, -0.2) is 22.5 Å². The van der Waals surface area contributed by atoms with Gasteiger partial charge in [0.2, 0.25) is 0 Å². The molecule has 0 spiro atoms. The van der Waals surface area contributed by atoms with Crippen LogP contribution in [0.3, 0.4) is 0 Å². The van der Waals surface area contributed by atoms with Crippen LogP contribution in [0.4, 0.5) is 0 Å². The van der Waals surface area contributed by atoms with Gasteiger partial charge in [0.15, 0.2) is 0 Å². The van der Waals surface area contributed by atoms with Crippen molar-refractivity contribution in [1.82, 2.24) is 0 Å². The summed E-state index contributed by atoms with van der Waals surface area (Å²) in [5, 5.41) is 0.426. The molecule has 17 heavy (non-hydrogen) atoms. The van der Waals surface area contributed by atoms with E-state index in [0.29, 0.717) is 14.9 Å². The number of methoxy groups -OCH3 is 1. The number of carbonyl (C=O) groups is 1. The number of rotatable bonds is 4. The summed E-state index contributed by atoms with van der Waals surface area (Å²) in [7, 11) is -0.0101. The van der Waals surface area contributed by atoms with Gasteiger partial charge in [-0.3, -0.25) is 9.00 Å². The van der Waals surface area contributed by atoms with Crippen molar-refractivity contribution in [3.63, 3.8) is 0 Å². The number of hydrogen-bond donors (Lipinski definition) is 0. The van der Waals surface area contributed by atoms with E-state index in [1.165, 1.54) is 7.11 Å². The molecule has 0 radical (unpaired) electrons. The number of ether oxygens (including phenoxy) is 1. The monoisotopic (exact) mass is 294 g/mol. The molecule has 0 N–H and O–H groups in total. The second-order valence-corrected chi connectivity index (χ2v) is 6.15. The Morgan fingerprint density at radius 1 is 1.41 bits per heavy atom. The van der Waals surface area contributed by atoms with Gasteiger partial charge in [-0.1, -0.05) is 23.2 Å². The van der Waals surface area contributed by atoms with Crippen molar-refractivity contribution in [3.05, 3.63) is 28.2 Å². The van der Waals surface area contributed by atoms with E-state index < -0.39 is 10.8 Å². The molecular weight excluding hydrogens is 283 g/mol. The molecule has 0 aliphatic rings. The quantitative estimate of drug-likeness (QED) is 0.802. The Morgan fingerprint density at radius 2 is 2.06 bits per heavy atom. The fourth-order valence-corrected chi connectivity index (χ4v) is 2.78. The molecule has 0 heterocycles. The number of halogens is 2. The highest BCUT2D eigenvalue weighted by Gasteiger charge is 2.18. The van der Waals surface area contributed by atoms with Crippen LogP contribution in [0.2, 0.25) is 10.0 Å². The fraction of sp³-hybridized carbons (Fsp3) is 0.364. The van der Waals surface area contributed by atoms with Crippen LogP contribution in [0, 0.1) is 0 Å². The molecule has 0 bridgehead atoms. The van der Waals surface area contributed by atoms with Crippen LogP contribution in [0.1, 0.15) is 13.3 Å². The lowest BCUT2D eigenvalue weighted by atomic mass is 10.3. The molecule has 0 aliphatic carbocycles. The molecule has 0 aliphatic heterocycles. The maximum Gasteiger partial charge on any atom is 0.306 e. The molecule has 1 rings (SSSR count). The molecular formula is C11H12Cl2O3S. The minimum atomic E-state index is -1.31. The van der Waals surface area contributed by atoms with Crippen molar-refractivity contribution < 1.29 is 13.7 Å². The predicted molar refractivity (Wildman–Crippen MR) is 69.0 cm³/mol. The summed E-state index contributed by atoms with van der Waals surface area (Å²) < 4.78 is 16.6. The van der Waals surface area contributed by atoms with E-state index in [0.717, 1.165) is 0 Å². The van der Waals surface area contributed by atoms with Crippen LogP contribution < -0.4 is 0 Å². The first-order valence-electron chi connectivity index (χ1n) is 4.88. The number of carbonyl (C=O) groups excluding carboxylic acids is 1. The minimum Gasteiger partial charge on any atom is -0.469 e. The molecule has 0 fully saturated rings. The lowest BCUT2D eigenvalue weighted by Gasteiger charge is -2.10. The van der Waals surface area contributed by atoms with Gasteiger partial charge in [-0.2, -0.15) is 0 Å². The molecule has 6 heteroatoms. The zero-order valence-corrected chi connectivity index (χ0v) is 11.7. The van der Waals surface area contributed by atoms with E-state index in [2.05, 4.69) is 4.74 Å². The minimum absolute atomic E-state index is 0.101. The fourth-order valence-electron chi connectivity index (χ4n) is 1.23. The molecule has 3 nitrogen and oxygen atoms in total. The molecule has 0 saturated heterocycles. The molecule has 94 valence electrons. The highest BCUT2D eigenvalue weighted by molar-refractivity contribution is 7.85. The molecule has 0 amide bonds. The summed E-state index contributed by atoms with van der Waals surface area (Å²) in [5.41, 5.74) is 0. The Morgan fingerprint density at radius 3 is 2.59 bits per heavy atom. The summed E-state index contributed by atoms with van der Waals surface area (Å²) in [5.74, 6) is -0.383. The molecule has 0 aromatic heterocycles. The first-order valence-corrected chi connectivity index (χ1v) is 6.85. The first-order chi connectivity index (χ1) is 7.95. The smallest absolute Gasteiger partial charge is 0.306 e.